The van der Waals surface area contributed by atoms with Gasteiger partial charge in [-0.3, -0.25) is 5.01 Å². The van der Waals surface area contributed by atoms with E-state index in [4.69, 9.17) is 0 Å². The molecule has 0 heterocycles. The van der Waals surface area contributed by atoms with Crippen molar-refractivity contribution in [3.63, 3.8) is 0 Å². The van der Waals surface area contributed by atoms with Crippen LogP contribution in [0.25, 0.3) is 5.57 Å². The molecule has 0 aliphatic heterocycles. The van der Waals surface area contributed by atoms with Crippen LogP contribution >= 0.6 is 0 Å². The van der Waals surface area contributed by atoms with Gasteiger partial charge in [0.1, 0.15) is 0 Å². The summed E-state index contributed by atoms with van der Waals surface area (Å²) >= 11 is 0. The standard InChI is InChI=1S/C16H24N2/c1-12(2)15-7-9-16(10-8-15)14(5)11-18(6)17-13(3)4/h7-12H,1-6H3/b14-11+. The SMILES string of the molecule is CC(C)=NN(C)/C=C(\C)c1ccc(C(C)C)cc1. The Morgan fingerprint density at radius 3 is 2.11 bits per heavy atom. The van der Waals surface area contributed by atoms with E-state index in [9.17, 15) is 0 Å². The Morgan fingerprint density at radius 2 is 1.67 bits per heavy atom. The Morgan fingerprint density at radius 1 is 1.11 bits per heavy atom. The fourth-order valence-corrected chi connectivity index (χ4v) is 1.83. The average molecular weight is 244 g/mol. The molecule has 0 fully saturated rings. The van der Waals surface area contributed by atoms with Gasteiger partial charge in [0.25, 0.3) is 0 Å². The summed E-state index contributed by atoms with van der Waals surface area (Å²) in [4.78, 5) is 0. The highest BCUT2D eigenvalue weighted by Gasteiger charge is 2.00. The first-order valence-electron chi connectivity index (χ1n) is 6.43. The van der Waals surface area contributed by atoms with E-state index in [1.54, 1.807) is 0 Å². The van der Waals surface area contributed by atoms with Gasteiger partial charge >= 0.3 is 0 Å². The number of nitrogens with zero attached hydrogens (tertiary/aromatic N) is 2. The maximum Gasteiger partial charge on any atom is 0.0322 e. The molecule has 0 saturated heterocycles. The zero-order valence-corrected chi connectivity index (χ0v) is 12.4. The summed E-state index contributed by atoms with van der Waals surface area (Å²) in [5.41, 5.74) is 4.90. The van der Waals surface area contributed by atoms with Gasteiger partial charge in [-0.1, -0.05) is 38.1 Å². The molecule has 0 bridgehead atoms. The van der Waals surface area contributed by atoms with E-state index in [1.165, 1.54) is 16.7 Å². The first-order valence-corrected chi connectivity index (χ1v) is 6.43. The topological polar surface area (TPSA) is 15.6 Å². The monoisotopic (exact) mass is 244 g/mol. The summed E-state index contributed by atoms with van der Waals surface area (Å²) in [6.45, 7) is 10.5. The molecule has 0 aliphatic carbocycles. The van der Waals surface area contributed by atoms with Gasteiger partial charge < -0.3 is 0 Å². The van der Waals surface area contributed by atoms with Crippen molar-refractivity contribution in [2.75, 3.05) is 7.05 Å². The molecule has 1 rings (SSSR count). The minimum absolute atomic E-state index is 0.582. The van der Waals surface area contributed by atoms with Crippen molar-refractivity contribution in [1.29, 1.82) is 0 Å². The van der Waals surface area contributed by atoms with Crippen LogP contribution in [-0.2, 0) is 0 Å². The molecule has 0 spiro atoms. The molecule has 0 atom stereocenters. The molecule has 0 unspecified atom stereocenters. The van der Waals surface area contributed by atoms with Crippen molar-refractivity contribution >= 4 is 11.3 Å². The van der Waals surface area contributed by atoms with Crippen LogP contribution in [0.2, 0.25) is 0 Å². The van der Waals surface area contributed by atoms with Crippen molar-refractivity contribution in [3.05, 3.63) is 41.6 Å². The summed E-state index contributed by atoms with van der Waals surface area (Å²) in [6, 6.07) is 8.76. The number of hydrazone groups is 1. The van der Waals surface area contributed by atoms with Gasteiger partial charge in [-0.25, -0.2) is 0 Å². The number of hydrogen-bond donors (Lipinski definition) is 0. The third kappa shape index (κ3) is 4.36. The molecule has 0 amide bonds. The minimum Gasteiger partial charge on any atom is -0.276 e. The predicted molar refractivity (Wildman–Crippen MR) is 80.7 cm³/mol. The van der Waals surface area contributed by atoms with E-state index in [2.05, 4.69) is 56.3 Å². The Hall–Kier alpha value is -1.57. The fraction of sp³-hybridized carbons (Fsp3) is 0.438. The van der Waals surface area contributed by atoms with Crippen molar-refractivity contribution in [1.82, 2.24) is 5.01 Å². The van der Waals surface area contributed by atoms with Crippen LogP contribution in [0, 0.1) is 0 Å². The molecule has 0 aromatic heterocycles. The molecule has 0 aliphatic rings. The quantitative estimate of drug-likeness (QED) is 0.562. The fourth-order valence-electron chi connectivity index (χ4n) is 1.83. The summed E-state index contributed by atoms with van der Waals surface area (Å²) in [7, 11) is 1.96. The van der Waals surface area contributed by atoms with Crippen LogP contribution in [0.5, 0.6) is 0 Å². The maximum absolute atomic E-state index is 4.36. The van der Waals surface area contributed by atoms with Gasteiger partial charge in [-0.2, -0.15) is 5.10 Å². The van der Waals surface area contributed by atoms with Gasteiger partial charge in [0.2, 0.25) is 0 Å². The number of benzene rings is 1. The van der Waals surface area contributed by atoms with Gasteiger partial charge in [0, 0.05) is 19.0 Å². The largest absolute Gasteiger partial charge is 0.276 e. The first-order chi connectivity index (χ1) is 8.40. The smallest absolute Gasteiger partial charge is 0.0322 e. The first kappa shape index (κ1) is 14.5. The van der Waals surface area contributed by atoms with E-state index >= 15 is 0 Å². The molecule has 18 heavy (non-hydrogen) atoms. The molecule has 98 valence electrons. The molecule has 0 radical (unpaired) electrons. The Kier molecular flexibility index (Phi) is 5.14. The molecular formula is C16H24N2. The van der Waals surface area contributed by atoms with Crippen LogP contribution in [0.4, 0.5) is 0 Å². The predicted octanol–water partition coefficient (Wildman–Crippen LogP) is 4.50. The van der Waals surface area contributed by atoms with E-state index in [0.29, 0.717) is 5.92 Å². The number of allylic oxidation sites excluding steroid dienone is 1. The summed E-state index contributed by atoms with van der Waals surface area (Å²) < 4.78 is 0. The lowest BCUT2D eigenvalue weighted by Crippen LogP contribution is -2.04. The van der Waals surface area contributed by atoms with E-state index in [1.807, 2.05) is 25.9 Å². The second-order valence-corrected chi connectivity index (χ2v) is 5.21. The van der Waals surface area contributed by atoms with E-state index in [-0.39, 0.29) is 0 Å². The molecule has 1 aromatic carbocycles. The Bertz CT molecular complexity index is 435. The lowest BCUT2D eigenvalue weighted by Gasteiger charge is -2.11. The lowest BCUT2D eigenvalue weighted by atomic mass is 10.00. The van der Waals surface area contributed by atoms with Crippen molar-refractivity contribution < 1.29 is 0 Å². The van der Waals surface area contributed by atoms with Crippen LogP contribution in [-0.4, -0.2) is 17.8 Å². The van der Waals surface area contributed by atoms with E-state index < -0.39 is 0 Å². The zero-order chi connectivity index (χ0) is 13.7. The third-order valence-electron chi connectivity index (χ3n) is 2.77. The zero-order valence-electron chi connectivity index (χ0n) is 12.4. The molecule has 0 N–H and O–H groups in total. The highest BCUT2D eigenvalue weighted by atomic mass is 15.4. The molecular weight excluding hydrogens is 220 g/mol. The summed E-state index contributed by atoms with van der Waals surface area (Å²) in [5, 5.41) is 6.22. The average Bonchev–Trinajstić information content (AvgIpc) is 2.27. The van der Waals surface area contributed by atoms with Crippen LogP contribution in [0.15, 0.2) is 35.6 Å². The summed E-state index contributed by atoms with van der Waals surface area (Å²) in [6.07, 6.45) is 2.05. The van der Waals surface area contributed by atoms with Crippen LogP contribution < -0.4 is 0 Å². The number of rotatable bonds is 4. The van der Waals surface area contributed by atoms with Crippen LogP contribution in [0.3, 0.4) is 0 Å². The second-order valence-electron chi connectivity index (χ2n) is 5.21. The van der Waals surface area contributed by atoms with Gasteiger partial charge in [0.05, 0.1) is 0 Å². The third-order valence-corrected chi connectivity index (χ3v) is 2.77. The number of hydrogen-bond acceptors (Lipinski definition) is 2. The van der Waals surface area contributed by atoms with Gasteiger partial charge in [0.15, 0.2) is 0 Å². The second kappa shape index (κ2) is 6.39. The summed E-state index contributed by atoms with van der Waals surface area (Å²) in [5.74, 6) is 0.582. The maximum atomic E-state index is 4.36. The van der Waals surface area contributed by atoms with Crippen molar-refractivity contribution in [3.8, 4) is 0 Å². The minimum atomic E-state index is 0.582. The Labute approximate surface area is 111 Å². The van der Waals surface area contributed by atoms with Gasteiger partial charge in [-0.05, 0) is 43.4 Å². The van der Waals surface area contributed by atoms with Crippen molar-refractivity contribution in [2.45, 2.75) is 40.5 Å². The molecule has 2 heteroatoms. The normalized spacial score (nSPS) is 11.6. The highest BCUT2D eigenvalue weighted by Crippen LogP contribution is 2.19. The molecule has 1 aromatic rings. The highest BCUT2D eigenvalue weighted by molar-refractivity contribution is 5.78. The molecule has 0 saturated carbocycles. The molecule has 2 nitrogen and oxygen atoms in total. The van der Waals surface area contributed by atoms with E-state index in [0.717, 1.165) is 5.71 Å². The van der Waals surface area contributed by atoms with Gasteiger partial charge in [-0.15, -0.1) is 0 Å². The Balaban J connectivity index is 2.87. The van der Waals surface area contributed by atoms with Crippen LogP contribution in [0.1, 0.15) is 51.7 Å². The van der Waals surface area contributed by atoms with Crippen molar-refractivity contribution in [2.24, 2.45) is 5.10 Å². The lowest BCUT2D eigenvalue weighted by molar-refractivity contribution is 0.491.